The molecule has 12 atom stereocenters. The summed E-state index contributed by atoms with van der Waals surface area (Å²) in [7, 11) is 0. The maximum absolute atomic E-state index is 12.7. The van der Waals surface area contributed by atoms with E-state index in [4.69, 9.17) is 4.74 Å². The smallest absolute Gasteiger partial charge is 0.426 e. The summed E-state index contributed by atoms with van der Waals surface area (Å²) in [5, 5.41) is 9.28. The summed E-state index contributed by atoms with van der Waals surface area (Å²) in [4.78, 5) is 33.5. The quantitative estimate of drug-likeness (QED) is 0.131. The van der Waals surface area contributed by atoms with E-state index in [0.717, 1.165) is 31.1 Å². The Bertz CT molecular complexity index is 1150. The normalized spacial score (nSPS) is 33.5. The summed E-state index contributed by atoms with van der Waals surface area (Å²) in [5.41, 5.74) is -4.73. The Balaban J connectivity index is -0.000000164. The zero-order valence-corrected chi connectivity index (χ0v) is 38.0. The van der Waals surface area contributed by atoms with Gasteiger partial charge in [-0.3, -0.25) is 14.4 Å². The predicted octanol–water partition coefficient (Wildman–Crippen LogP) is 10.9. The van der Waals surface area contributed by atoms with Crippen molar-refractivity contribution in [1.29, 1.82) is 0 Å². The van der Waals surface area contributed by atoms with E-state index >= 15 is 0 Å². The number of carbonyl (C=O) groups is 3. The maximum Gasteiger partial charge on any atom is 0.426 e. The molecule has 4 bridgehead atoms. The van der Waals surface area contributed by atoms with Gasteiger partial charge in [0.2, 0.25) is 0 Å². The molecule has 0 aromatic rings. The zero-order chi connectivity index (χ0) is 37.4. The van der Waals surface area contributed by atoms with Gasteiger partial charge in [-0.25, -0.2) is 0 Å². The Labute approximate surface area is 395 Å². The molecule has 12 unspecified atom stereocenters. The van der Waals surface area contributed by atoms with E-state index in [-0.39, 0.29) is 134 Å². The van der Waals surface area contributed by atoms with Crippen LogP contribution in [0.1, 0.15) is 151 Å². The van der Waals surface area contributed by atoms with Gasteiger partial charge in [-0.15, -0.1) is 0 Å². The van der Waals surface area contributed by atoms with Crippen LogP contribution in [0.5, 0.6) is 0 Å². The summed E-state index contributed by atoms with van der Waals surface area (Å²) < 4.78 is 86.4. The minimum absolute atomic E-state index is 0. The summed E-state index contributed by atoms with van der Waals surface area (Å²) in [6, 6.07) is 0. The number of esters is 3. The second-order valence-corrected chi connectivity index (χ2v) is 16.0. The van der Waals surface area contributed by atoms with Gasteiger partial charge in [0.15, 0.2) is 0 Å². The first-order valence-electron chi connectivity index (χ1n) is 17.5. The molecular weight excluding hydrogens is 1130 g/mol. The molecule has 1 N–H and O–H groups in total. The van der Waals surface area contributed by atoms with Gasteiger partial charge in [-0.05, 0) is 118 Å². The van der Waals surface area contributed by atoms with Crippen molar-refractivity contribution in [2.75, 3.05) is 0 Å². The number of cyclic esters (lactones) is 2. The number of halogens is 9. The number of carbonyl (C=O) groups excluding carboxylic acids is 3. The second-order valence-electron chi connectivity index (χ2n) is 16.0. The van der Waals surface area contributed by atoms with E-state index in [1.54, 1.807) is 13.8 Å². The first kappa shape index (κ1) is 69.6. The van der Waals surface area contributed by atoms with Crippen LogP contribution in [-0.4, -0.2) is 46.6 Å². The fraction of sp³-hybridized carbons (Fsp3) is 0.927. The second kappa shape index (κ2) is 27.2. The topological polar surface area (TPSA) is 89.9 Å². The molecular formula is C41H76F6I3O6V-. The van der Waals surface area contributed by atoms with Gasteiger partial charge < -0.3 is 38.6 Å². The minimum Gasteiger partial charge on any atom is -1.00 e. The van der Waals surface area contributed by atoms with Gasteiger partial charge in [-0.1, -0.05) is 86.1 Å². The van der Waals surface area contributed by atoms with Gasteiger partial charge in [0.1, 0.15) is 5.60 Å². The van der Waals surface area contributed by atoms with Crippen LogP contribution in [-0.2, 0) is 42.4 Å². The Hall–Kier alpha value is 0.924. The van der Waals surface area contributed by atoms with Gasteiger partial charge >= 0.3 is 30.3 Å². The Kier molecular flexibility index (Phi) is 33.2. The van der Waals surface area contributed by atoms with Crippen LogP contribution in [0.25, 0.3) is 0 Å². The molecule has 1 aliphatic heterocycles. The van der Waals surface area contributed by atoms with Crippen molar-refractivity contribution in [3.63, 3.8) is 0 Å². The molecule has 1 saturated heterocycles. The molecule has 345 valence electrons. The third kappa shape index (κ3) is 15.3. The van der Waals surface area contributed by atoms with Crippen molar-refractivity contribution in [2.45, 2.75) is 174 Å². The molecule has 1 radical (unpaired) electrons. The van der Waals surface area contributed by atoms with E-state index < -0.39 is 42.2 Å². The van der Waals surface area contributed by atoms with Gasteiger partial charge in [0, 0.05) is 55.8 Å². The predicted molar refractivity (Wildman–Crippen MR) is 229 cm³/mol. The van der Waals surface area contributed by atoms with Crippen molar-refractivity contribution in [2.24, 2.45) is 71.0 Å². The number of hydrogen-bond acceptors (Lipinski definition) is 6. The summed E-state index contributed by atoms with van der Waals surface area (Å²) >= 11 is 4.24. The van der Waals surface area contributed by atoms with Crippen LogP contribution < -0.4 is 24.0 Å². The molecule has 0 aromatic heterocycles. The average Bonchev–Trinajstić information content (AvgIpc) is 3.86. The van der Waals surface area contributed by atoms with Crippen molar-refractivity contribution < 1.29 is 97.8 Å². The first-order valence-corrected chi connectivity index (χ1v) is 23.8. The molecule has 6 fully saturated rings. The van der Waals surface area contributed by atoms with Crippen molar-refractivity contribution in [3.05, 3.63) is 0 Å². The third-order valence-corrected chi connectivity index (χ3v) is 13.4. The summed E-state index contributed by atoms with van der Waals surface area (Å²) in [6.45, 7) is 14.1. The molecule has 5 saturated carbocycles. The minimum atomic E-state index is -5.69. The molecule has 6 aliphatic rings. The molecule has 16 heteroatoms. The van der Waals surface area contributed by atoms with Crippen molar-refractivity contribution >= 4 is 55.1 Å². The van der Waals surface area contributed by atoms with Crippen LogP contribution in [0.2, 0.25) is 0 Å². The van der Waals surface area contributed by atoms with E-state index in [9.17, 15) is 45.8 Å². The standard InChI is InChI=1S/C16H26O2.C13H18F6O.C6H8O3.6CH4.I2.HI.V/c1-10-11(2)13-8-12(10)9-14(13)15(17)18-16(3)6-4-5-7-16;1-6-7(2)10-4-8(6)3-9(10)5-11(20,12(14,15)16)13(17,18)19;1-3-4(2)6(8)9-5(3)7;;;;;;;1-2;;/h10-14H,4-9H2,1-3H3;6-10,20H,3-5H2,1-2H3;3-4H,1-2H3;6*1H4;;1H;/p-1. The van der Waals surface area contributed by atoms with Crippen LogP contribution >= 0.6 is 37.2 Å². The fourth-order valence-electron chi connectivity index (χ4n) is 9.55. The Morgan fingerprint density at radius 3 is 1.39 bits per heavy atom. The SMILES string of the molecule is C.C.C.C.C.C.CC1C(=O)OC(=O)C1C.CC1C2CC(C(=O)OC3(C)CCCC3)C(C2)C1C.CC1C2CC(CC(O)(C(F)(F)F)C(F)(F)F)C(C2)C1C.II.[I-].[V]. The molecule has 0 aromatic carbocycles. The third-order valence-electron chi connectivity index (χ3n) is 13.4. The average molecular weight is 1210 g/mol. The molecule has 57 heavy (non-hydrogen) atoms. The number of fused-ring (bicyclic) bond motifs is 4. The van der Waals surface area contributed by atoms with Crippen LogP contribution in [0, 0.1) is 71.0 Å². The fourth-order valence-corrected chi connectivity index (χ4v) is 9.55. The molecule has 1 heterocycles. The van der Waals surface area contributed by atoms with Gasteiger partial charge in [-0.2, -0.15) is 26.3 Å². The van der Waals surface area contributed by atoms with E-state index in [1.165, 1.54) is 19.3 Å². The Morgan fingerprint density at radius 1 is 0.719 bits per heavy atom. The molecule has 6 nitrogen and oxygen atoms in total. The summed E-state index contributed by atoms with van der Waals surface area (Å²) in [6.07, 6.45) is -4.71. The van der Waals surface area contributed by atoms with Crippen LogP contribution in [0.3, 0.4) is 0 Å². The first-order chi connectivity index (χ1) is 22.5. The van der Waals surface area contributed by atoms with Crippen molar-refractivity contribution in [3.8, 4) is 0 Å². The molecule has 0 amide bonds. The number of aliphatic hydroxyl groups is 1. The Morgan fingerprint density at radius 2 is 1.09 bits per heavy atom. The van der Waals surface area contributed by atoms with Crippen molar-refractivity contribution in [1.82, 2.24) is 0 Å². The van der Waals surface area contributed by atoms with E-state index in [2.05, 4.69) is 62.7 Å². The van der Waals surface area contributed by atoms with Gasteiger partial charge in [0.25, 0.3) is 5.60 Å². The summed E-state index contributed by atoms with van der Waals surface area (Å²) in [5.74, 6) is 1.70. The molecule has 0 spiro atoms. The number of ether oxygens (including phenoxy) is 2. The number of hydrogen-bond donors (Lipinski definition) is 1. The van der Waals surface area contributed by atoms with Gasteiger partial charge in [0.05, 0.1) is 17.8 Å². The largest absolute Gasteiger partial charge is 1.00 e. The van der Waals surface area contributed by atoms with Crippen LogP contribution in [0.4, 0.5) is 26.3 Å². The monoisotopic (exact) mass is 1210 g/mol. The molecule has 5 aliphatic carbocycles. The zero-order valence-electron chi connectivity index (χ0n) is 30.1. The number of alkyl halides is 6. The van der Waals surface area contributed by atoms with E-state index in [0.29, 0.717) is 30.6 Å². The number of rotatable bonds is 4. The van der Waals surface area contributed by atoms with E-state index in [1.807, 2.05) is 13.8 Å². The van der Waals surface area contributed by atoms with Crippen LogP contribution in [0.15, 0.2) is 0 Å². The molecule has 6 rings (SSSR count). The maximum atomic E-state index is 12.7.